The van der Waals surface area contributed by atoms with Crippen LogP contribution in [0.5, 0.6) is 0 Å². The van der Waals surface area contributed by atoms with E-state index in [1.54, 1.807) is 39.8 Å². The molecule has 1 unspecified atom stereocenters. The summed E-state index contributed by atoms with van der Waals surface area (Å²) in [7, 11) is 0. The molecule has 31 heavy (non-hydrogen) atoms. The lowest BCUT2D eigenvalue weighted by atomic mass is 9.89. The van der Waals surface area contributed by atoms with Crippen molar-refractivity contribution in [3.63, 3.8) is 0 Å². The van der Waals surface area contributed by atoms with Gasteiger partial charge >= 0.3 is 5.97 Å². The largest absolute Gasteiger partial charge is 0.479 e. The number of carboxylic acids is 1. The molecule has 1 atom stereocenters. The molecule has 1 N–H and O–H groups in total. The second-order valence-corrected chi connectivity index (χ2v) is 9.13. The Labute approximate surface area is 184 Å². The van der Waals surface area contributed by atoms with E-state index in [0.29, 0.717) is 40.9 Å². The van der Waals surface area contributed by atoms with Crippen LogP contribution in [0, 0.1) is 12.7 Å². The number of benzene rings is 2. The molecule has 3 aromatic rings. The van der Waals surface area contributed by atoms with E-state index in [9.17, 15) is 9.90 Å². The summed E-state index contributed by atoms with van der Waals surface area (Å²) >= 11 is 5.98. The van der Waals surface area contributed by atoms with Crippen LogP contribution >= 0.6 is 11.6 Å². The predicted molar refractivity (Wildman–Crippen MR) is 117 cm³/mol. The smallest absolute Gasteiger partial charge is 0.337 e. The molecule has 0 radical (unpaired) electrons. The van der Waals surface area contributed by atoms with E-state index in [2.05, 4.69) is 4.98 Å². The Kier molecular flexibility index (Phi) is 5.50. The highest BCUT2D eigenvalue weighted by Gasteiger charge is 2.33. The zero-order valence-electron chi connectivity index (χ0n) is 17.8. The summed E-state index contributed by atoms with van der Waals surface area (Å²) < 4.78 is 26.6. The average molecular weight is 444 g/mol. The summed E-state index contributed by atoms with van der Waals surface area (Å²) in [5, 5.41) is 10.9. The minimum Gasteiger partial charge on any atom is -0.479 e. The van der Waals surface area contributed by atoms with Gasteiger partial charge in [-0.25, -0.2) is 9.18 Å². The van der Waals surface area contributed by atoms with Crippen LogP contribution in [0.1, 0.15) is 49.3 Å². The predicted octanol–water partition coefficient (Wildman–Crippen LogP) is 5.97. The molecule has 5 nitrogen and oxygen atoms in total. The Morgan fingerprint density at radius 1 is 1.23 bits per heavy atom. The van der Waals surface area contributed by atoms with E-state index >= 15 is 4.39 Å². The Hall–Kier alpha value is -2.54. The molecular formula is C24H23ClFNO4. The van der Waals surface area contributed by atoms with Crippen molar-refractivity contribution in [2.24, 2.45) is 0 Å². The van der Waals surface area contributed by atoms with Gasteiger partial charge in [-0.15, -0.1) is 0 Å². The van der Waals surface area contributed by atoms with Gasteiger partial charge in [-0.05, 0) is 69.2 Å². The maximum absolute atomic E-state index is 15.1. The number of pyridine rings is 1. The fourth-order valence-corrected chi connectivity index (χ4v) is 4.12. The molecule has 0 aliphatic carbocycles. The number of nitrogens with zero attached hydrogens (tertiary/aromatic N) is 1. The van der Waals surface area contributed by atoms with Crippen molar-refractivity contribution >= 4 is 28.5 Å². The molecule has 2 aromatic carbocycles. The Balaban J connectivity index is 2.10. The lowest BCUT2D eigenvalue weighted by molar-refractivity contribution is -0.160. The first kappa shape index (κ1) is 21.7. The van der Waals surface area contributed by atoms with Crippen molar-refractivity contribution in [2.45, 2.75) is 52.6 Å². The summed E-state index contributed by atoms with van der Waals surface area (Å²) in [5.74, 6) is -1.71. The minimum atomic E-state index is -1.33. The van der Waals surface area contributed by atoms with E-state index in [0.717, 1.165) is 11.1 Å². The Bertz CT molecular complexity index is 1200. The Morgan fingerprint density at radius 3 is 2.52 bits per heavy atom. The van der Waals surface area contributed by atoms with Gasteiger partial charge in [0, 0.05) is 32.8 Å². The topological polar surface area (TPSA) is 68.7 Å². The standard InChI is InChI=1S/C24H23ClFNO4/c1-12-20(22(23(28)29)31-24(2,3)4)21(16-6-5-15(25)9-18(16)26)17-7-13-10-30-11-14(13)8-19(17)27-12/h5-9,22H,10-11H2,1-4H3,(H,28,29). The highest BCUT2D eigenvalue weighted by Crippen LogP contribution is 2.42. The fraction of sp³-hybridized carbons (Fsp3) is 0.333. The maximum atomic E-state index is 15.1. The van der Waals surface area contributed by atoms with E-state index in [-0.39, 0.29) is 10.6 Å². The number of carboxylic acid groups (broad SMARTS) is 1. The molecule has 1 aromatic heterocycles. The number of aryl methyl sites for hydroxylation is 1. The lowest BCUT2D eigenvalue weighted by Gasteiger charge is -2.28. The lowest BCUT2D eigenvalue weighted by Crippen LogP contribution is -2.28. The molecule has 0 saturated heterocycles. The molecule has 1 aliphatic rings. The van der Waals surface area contributed by atoms with Gasteiger partial charge in [-0.2, -0.15) is 0 Å². The second kappa shape index (κ2) is 7.86. The summed E-state index contributed by atoms with van der Waals surface area (Å²) in [5.41, 5.74) is 3.39. The number of halogens is 2. The molecule has 4 rings (SSSR count). The van der Waals surface area contributed by atoms with Gasteiger partial charge in [0.1, 0.15) is 5.82 Å². The van der Waals surface area contributed by atoms with Crippen LogP contribution in [0.15, 0.2) is 30.3 Å². The number of rotatable bonds is 4. The number of ether oxygens (including phenoxy) is 2. The fourth-order valence-electron chi connectivity index (χ4n) is 3.97. The van der Waals surface area contributed by atoms with Crippen LogP contribution in [0.2, 0.25) is 5.02 Å². The van der Waals surface area contributed by atoms with Gasteiger partial charge in [0.2, 0.25) is 0 Å². The van der Waals surface area contributed by atoms with Crippen molar-refractivity contribution < 1.29 is 23.8 Å². The first-order chi connectivity index (χ1) is 14.5. The first-order valence-corrected chi connectivity index (χ1v) is 10.3. The van der Waals surface area contributed by atoms with Crippen LogP contribution < -0.4 is 0 Å². The van der Waals surface area contributed by atoms with E-state index < -0.39 is 23.5 Å². The highest BCUT2D eigenvalue weighted by molar-refractivity contribution is 6.30. The quantitative estimate of drug-likeness (QED) is 0.537. The van der Waals surface area contributed by atoms with E-state index in [4.69, 9.17) is 21.1 Å². The van der Waals surface area contributed by atoms with Gasteiger partial charge in [-0.3, -0.25) is 4.98 Å². The number of fused-ring (bicyclic) bond motifs is 2. The minimum absolute atomic E-state index is 0.248. The number of aromatic nitrogens is 1. The monoisotopic (exact) mass is 443 g/mol. The molecular weight excluding hydrogens is 421 g/mol. The molecule has 0 amide bonds. The second-order valence-electron chi connectivity index (χ2n) is 8.69. The van der Waals surface area contributed by atoms with Crippen molar-refractivity contribution in [3.05, 3.63) is 63.6 Å². The molecule has 0 saturated carbocycles. The molecule has 0 bridgehead atoms. The normalized spacial score (nSPS) is 14.6. The van der Waals surface area contributed by atoms with E-state index in [1.165, 1.54) is 6.07 Å². The molecule has 1 aliphatic heterocycles. The van der Waals surface area contributed by atoms with Gasteiger partial charge < -0.3 is 14.6 Å². The van der Waals surface area contributed by atoms with Crippen molar-refractivity contribution in [2.75, 3.05) is 0 Å². The van der Waals surface area contributed by atoms with Gasteiger partial charge in [0.05, 0.1) is 24.3 Å². The third-order valence-corrected chi connectivity index (χ3v) is 5.44. The molecule has 162 valence electrons. The van der Waals surface area contributed by atoms with Crippen molar-refractivity contribution in [1.82, 2.24) is 4.98 Å². The van der Waals surface area contributed by atoms with Crippen LogP contribution in [0.25, 0.3) is 22.0 Å². The third-order valence-electron chi connectivity index (χ3n) is 5.21. The van der Waals surface area contributed by atoms with Gasteiger partial charge in [-0.1, -0.05) is 11.6 Å². The van der Waals surface area contributed by atoms with Gasteiger partial charge in [0.25, 0.3) is 0 Å². The molecule has 7 heteroatoms. The summed E-state index contributed by atoms with van der Waals surface area (Å²) in [6, 6.07) is 8.20. The molecule has 2 heterocycles. The highest BCUT2D eigenvalue weighted by atomic mass is 35.5. The van der Waals surface area contributed by atoms with Gasteiger partial charge in [0.15, 0.2) is 6.10 Å². The van der Waals surface area contributed by atoms with Crippen molar-refractivity contribution in [1.29, 1.82) is 0 Å². The van der Waals surface area contributed by atoms with Crippen LogP contribution in [-0.2, 0) is 27.5 Å². The van der Waals surface area contributed by atoms with Crippen LogP contribution in [0.4, 0.5) is 4.39 Å². The zero-order valence-corrected chi connectivity index (χ0v) is 18.5. The molecule has 0 spiro atoms. The first-order valence-electron chi connectivity index (χ1n) is 9.95. The summed E-state index contributed by atoms with van der Waals surface area (Å²) in [4.78, 5) is 17.0. The average Bonchev–Trinajstić information content (AvgIpc) is 3.10. The number of carbonyl (C=O) groups is 1. The maximum Gasteiger partial charge on any atom is 0.337 e. The number of hydrogen-bond donors (Lipinski definition) is 1. The Morgan fingerprint density at radius 2 is 1.90 bits per heavy atom. The molecule has 0 fully saturated rings. The van der Waals surface area contributed by atoms with Crippen LogP contribution in [0.3, 0.4) is 0 Å². The third kappa shape index (κ3) is 4.15. The summed E-state index contributed by atoms with van der Waals surface area (Å²) in [6.07, 6.45) is -1.33. The van der Waals surface area contributed by atoms with Crippen molar-refractivity contribution in [3.8, 4) is 11.1 Å². The zero-order chi connectivity index (χ0) is 22.5. The SMILES string of the molecule is Cc1nc2cc3c(cc2c(-c2ccc(Cl)cc2F)c1C(OC(C)(C)C)C(=O)O)COC3. The van der Waals surface area contributed by atoms with Crippen LogP contribution in [-0.4, -0.2) is 21.7 Å². The number of hydrogen-bond acceptors (Lipinski definition) is 4. The van der Waals surface area contributed by atoms with E-state index in [1.807, 2.05) is 12.1 Å². The number of aliphatic carboxylic acids is 1. The summed E-state index contributed by atoms with van der Waals surface area (Å²) in [6.45, 7) is 7.98.